The Hall–Kier alpha value is -1.22. The molecule has 1 heterocycles. The van der Waals surface area contributed by atoms with Crippen molar-refractivity contribution in [2.45, 2.75) is 6.42 Å². The molecule has 4 heteroatoms. The summed E-state index contributed by atoms with van der Waals surface area (Å²) in [6.07, 6.45) is 0.293. The van der Waals surface area contributed by atoms with E-state index in [9.17, 15) is 9.90 Å². The summed E-state index contributed by atoms with van der Waals surface area (Å²) in [7, 11) is 0. The SMILES string of the molecule is O=C1CCOc2c(Cl)ccc(O)c21. The fourth-order valence-electron chi connectivity index (χ4n) is 1.33. The molecule has 0 saturated carbocycles. The summed E-state index contributed by atoms with van der Waals surface area (Å²) >= 11 is 5.79. The zero-order valence-electron chi connectivity index (χ0n) is 6.71. The molecule has 0 fully saturated rings. The quantitative estimate of drug-likeness (QED) is 0.694. The molecule has 68 valence electrons. The molecule has 1 aliphatic heterocycles. The summed E-state index contributed by atoms with van der Waals surface area (Å²) in [5.41, 5.74) is 0.207. The van der Waals surface area contributed by atoms with Crippen LogP contribution in [0, 0.1) is 0 Å². The number of Topliss-reactive ketones (excluding diaryl/α,β-unsaturated/α-hetero) is 1. The fourth-order valence-corrected chi connectivity index (χ4v) is 1.54. The predicted octanol–water partition coefficient (Wildman–Crippen LogP) is 2.01. The Morgan fingerprint density at radius 2 is 2.23 bits per heavy atom. The first-order valence-electron chi connectivity index (χ1n) is 3.87. The molecule has 13 heavy (non-hydrogen) atoms. The molecule has 3 nitrogen and oxygen atoms in total. The van der Waals surface area contributed by atoms with Crippen LogP contribution < -0.4 is 4.74 Å². The van der Waals surface area contributed by atoms with E-state index in [4.69, 9.17) is 16.3 Å². The second kappa shape index (κ2) is 2.92. The number of ketones is 1. The average Bonchev–Trinajstić information content (AvgIpc) is 2.12. The highest BCUT2D eigenvalue weighted by Gasteiger charge is 2.24. The van der Waals surface area contributed by atoms with E-state index in [1.54, 1.807) is 0 Å². The van der Waals surface area contributed by atoms with Crippen LogP contribution in [0.4, 0.5) is 0 Å². The molecule has 2 rings (SSSR count). The van der Waals surface area contributed by atoms with Crippen molar-refractivity contribution in [3.63, 3.8) is 0 Å². The molecular formula is C9H7ClO3. The minimum atomic E-state index is -0.124. The lowest BCUT2D eigenvalue weighted by Gasteiger charge is -2.17. The highest BCUT2D eigenvalue weighted by atomic mass is 35.5. The van der Waals surface area contributed by atoms with Crippen LogP contribution in [0.2, 0.25) is 5.02 Å². The molecule has 1 aromatic carbocycles. The van der Waals surface area contributed by atoms with E-state index in [1.165, 1.54) is 12.1 Å². The van der Waals surface area contributed by atoms with Gasteiger partial charge in [-0.05, 0) is 12.1 Å². The summed E-state index contributed by atoms with van der Waals surface area (Å²) in [5, 5.41) is 9.75. The van der Waals surface area contributed by atoms with Crippen molar-refractivity contribution in [2.24, 2.45) is 0 Å². The third kappa shape index (κ3) is 1.25. The fraction of sp³-hybridized carbons (Fsp3) is 0.222. The predicted molar refractivity (Wildman–Crippen MR) is 47.6 cm³/mol. The van der Waals surface area contributed by atoms with Gasteiger partial charge in [-0.25, -0.2) is 0 Å². The zero-order valence-corrected chi connectivity index (χ0v) is 7.47. The highest BCUT2D eigenvalue weighted by molar-refractivity contribution is 6.33. The smallest absolute Gasteiger partial charge is 0.173 e. The van der Waals surface area contributed by atoms with E-state index in [-0.39, 0.29) is 17.1 Å². The molecule has 0 aromatic heterocycles. The van der Waals surface area contributed by atoms with Crippen molar-refractivity contribution < 1.29 is 14.6 Å². The average molecular weight is 199 g/mol. The van der Waals surface area contributed by atoms with Gasteiger partial charge in [0, 0.05) is 6.42 Å². The number of rotatable bonds is 0. The van der Waals surface area contributed by atoms with Gasteiger partial charge in [0.25, 0.3) is 0 Å². The molecule has 0 amide bonds. The van der Waals surface area contributed by atoms with Gasteiger partial charge in [0.05, 0.1) is 11.6 Å². The van der Waals surface area contributed by atoms with Crippen LogP contribution in [0.25, 0.3) is 0 Å². The van der Waals surface area contributed by atoms with Crippen LogP contribution in [0.3, 0.4) is 0 Å². The van der Waals surface area contributed by atoms with Gasteiger partial charge in [0.15, 0.2) is 11.5 Å². The van der Waals surface area contributed by atoms with Crippen molar-refractivity contribution in [2.75, 3.05) is 6.61 Å². The number of hydrogen-bond donors (Lipinski definition) is 1. The Morgan fingerprint density at radius 1 is 1.46 bits per heavy atom. The molecule has 0 bridgehead atoms. The molecule has 0 aliphatic carbocycles. The van der Waals surface area contributed by atoms with Crippen LogP contribution in [-0.2, 0) is 0 Å². The summed E-state index contributed by atoms with van der Waals surface area (Å²) in [6, 6.07) is 2.90. The van der Waals surface area contributed by atoms with Crippen LogP contribution in [0.5, 0.6) is 11.5 Å². The van der Waals surface area contributed by atoms with Crippen molar-refractivity contribution >= 4 is 17.4 Å². The van der Waals surface area contributed by atoms with E-state index in [0.717, 1.165) is 0 Å². The number of phenolic OH excluding ortho intramolecular Hbond substituents is 1. The second-order valence-corrected chi connectivity index (χ2v) is 3.20. The lowest BCUT2D eigenvalue weighted by Crippen LogP contribution is -2.15. The van der Waals surface area contributed by atoms with Gasteiger partial charge in [-0.3, -0.25) is 4.79 Å². The number of fused-ring (bicyclic) bond motifs is 1. The van der Waals surface area contributed by atoms with Crippen LogP contribution >= 0.6 is 11.6 Å². The third-order valence-corrected chi connectivity index (χ3v) is 2.24. The molecule has 0 atom stereocenters. The molecule has 0 radical (unpaired) electrons. The van der Waals surface area contributed by atoms with Gasteiger partial charge < -0.3 is 9.84 Å². The van der Waals surface area contributed by atoms with E-state index in [2.05, 4.69) is 0 Å². The lowest BCUT2D eigenvalue weighted by atomic mass is 10.0. The van der Waals surface area contributed by atoms with E-state index < -0.39 is 0 Å². The number of hydrogen-bond acceptors (Lipinski definition) is 3. The van der Waals surface area contributed by atoms with Crippen LogP contribution in [0.15, 0.2) is 12.1 Å². The molecule has 0 spiro atoms. The van der Waals surface area contributed by atoms with Gasteiger partial charge in [-0.2, -0.15) is 0 Å². The van der Waals surface area contributed by atoms with E-state index >= 15 is 0 Å². The maximum atomic E-state index is 11.4. The Balaban J connectivity index is 2.67. The first kappa shape index (κ1) is 8.38. The number of carbonyl (C=O) groups is 1. The largest absolute Gasteiger partial charge is 0.507 e. The maximum absolute atomic E-state index is 11.4. The molecule has 1 aliphatic rings. The van der Waals surface area contributed by atoms with Crippen molar-refractivity contribution in [1.82, 2.24) is 0 Å². The van der Waals surface area contributed by atoms with Gasteiger partial charge in [-0.15, -0.1) is 0 Å². The van der Waals surface area contributed by atoms with Crippen LogP contribution in [0.1, 0.15) is 16.8 Å². The Morgan fingerprint density at radius 3 is 2.92 bits per heavy atom. The van der Waals surface area contributed by atoms with Gasteiger partial charge in [0.2, 0.25) is 0 Å². The molecule has 0 unspecified atom stereocenters. The zero-order chi connectivity index (χ0) is 9.42. The third-order valence-electron chi connectivity index (χ3n) is 1.94. The normalized spacial score (nSPS) is 15.0. The van der Waals surface area contributed by atoms with Gasteiger partial charge in [0.1, 0.15) is 11.3 Å². The lowest BCUT2D eigenvalue weighted by molar-refractivity contribution is 0.0930. The minimum Gasteiger partial charge on any atom is -0.507 e. The van der Waals surface area contributed by atoms with Crippen molar-refractivity contribution in [1.29, 1.82) is 0 Å². The Labute approximate surface area is 79.9 Å². The van der Waals surface area contributed by atoms with Crippen molar-refractivity contribution in [3.05, 3.63) is 22.7 Å². The van der Waals surface area contributed by atoms with Crippen molar-refractivity contribution in [3.8, 4) is 11.5 Å². The maximum Gasteiger partial charge on any atom is 0.173 e. The van der Waals surface area contributed by atoms with Crippen LogP contribution in [-0.4, -0.2) is 17.5 Å². The number of carbonyl (C=O) groups excluding carboxylic acids is 1. The molecule has 1 N–H and O–H groups in total. The molecule has 0 saturated heterocycles. The summed E-state index contributed by atoms with van der Waals surface area (Å²) in [5.74, 6) is 0.114. The summed E-state index contributed by atoms with van der Waals surface area (Å²) in [6.45, 7) is 0.328. The Bertz CT molecular complexity index is 373. The van der Waals surface area contributed by atoms with Gasteiger partial charge in [-0.1, -0.05) is 11.6 Å². The van der Waals surface area contributed by atoms with Gasteiger partial charge >= 0.3 is 0 Å². The second-order valence-electron chi connectivity index (χ2n) is 2.79. The first-order chi connectivity index (χ1) is 6.20. The number of phenols is 1. The number of aromatic hydroxyl groups is 1. The number of ether oxygens (including phenoxy) is 1. The summed E-state index contributed by atoms with van der Waals surface area (Å²) in [4.78, 5) is 11.4. The van der Waals surface area contributed by atoms with E-state index in [1.807, 2.05) is 0 Å². The monoisotopic (exact) mass is 198 g/mol. The first-order valence-corrected chi connectivity index (χ1v) is 4.25. The van der Waals surface area contributed by atoms with E-state index in [0.29, 0.717) is 23.8 Å². The molecule has 1 aromatic rings. The topological polar surface area (TPSA) is 46.5 Å². The number of halogens is 1. The Kier molecular flexibility index (Phi) is 1.88. The summed E-state index contributed by atoms with van der Waals surface area (Å²) < 4.78 is 5.19. The number of benzene rings is 1. The molecular weight excluding hydrogens is 192 g/mol. The highest BCUT2D eigenvalue weighted by Crippen LogP contribution is 2.37. The minimum absolute atomic E-state index is 0.0656. The standard InChI is InChI=1S/C9H7ClO3/c10-5-1-2-6(11)8-7(12)3-4-13-9(5)8/h1-2,11H,3-4H2.